The number of nitrogens with zero attached hydrogens (tertiary/aromatic N) is 2. The van der Waals surface area contributed by atoms with Crippen molar-refractivity contribution in [2.75, 3.05) is 20.1 Å². The predicted octanol–water partition coefficient (Wildman–Crippen LogP) is 2.95. The number of aromatic carboxylic acids is 1. The Kier molecular flexibility index (Phi) is 5.58. The molecule has 1 aliphatic rings. The highest BCUT2D eigenvalue weighted by Crippen LogP contribution is 2.26. The quantitative estimate of drug-likeness (QED) is 0.931. The van der Waals surface area contributed by atoms with Crippen molar-refractivity contribution in [1.82, 2.24) is 9.88 Å². The third kappa shape index (κ3) is 4.00. The highest BCUT2D eigenvalue weighted by molar-refractivity contribution is 5.91. The second-order valence-electron chi connectivity index (χ2n) is 5.54. The van der Waals surface area contributed by atoms with Crippen molar-refractivity contribution in [2.24, 2.45) is 0 Å². The first-order valence-electron chi connectivity index (χ1n) is 7.27. The fourth-order valence-electron chi connectivity index (χ4n) is 2.64. The van der Waals surface area contributed by atoms with E-state index in [2.05, 4.69) is 9.88 Å². The molecule has 0 aliphatic carbocycles. The largest absolute Gasteiger partial charge is 0.477 e. The summed E-state index contributed by atoms with van der Waals surface area (Å²) in [4.78, 5) is 17.9. The van der Waals surface area contributed by atoms with E-state index in [1.54, 1.807) is 12.3 Å². The number of carboxylic acid groups (broad SMARTS) is 1. The number of carboxylic acids is 1. The maximum absolute atomic E-state index is 11.5. The Morgan fingerprint density at radius 1 is 1.30 bits per heavy atom. The normalized spacial score (nSPS) is 17.5. The lowest BCUT2D eigenvalue weighted by Gasteiger charge is -2.15. The summed E-state index contributed by atoms with van der Waals surface area (Å²) in [6, 6.07) is 11.2. The fourth-order valence-corrected chi connectivity index (χ4v) is 2.64. The van der Waals surface area contributed by atoms with Crippen molar-refractivity contribution in [3.05, 3.63) is 48.2 Å². The van der Waals surface area contributed by atoms with E-state index in [1.165, 1.54) is 0 Å². The molecule has 2 heterocycles. The van der Waals surface area contributed by atoms with E-state index in [0.29, 0.717) is 0 Å². The maximum atomic E-state index is 11.5. The lowest BCUT2D eigenvalue weighted by Crippen LogP contribution is -2.22. The number of likely N-dealkylation sites (N-methyl/N-ethyl adjacent to an activating group) is 1. The first-order valence-corrected chi connectivity index (χ1v) is 7.27. The van der Waals surface area contributed by atoms with Crippen molar-refractivity contribution in [3.8, 4) is 17.0 Å². The third-order valence-electron chi connectivity index (χ3n) is 3.82. The van der Waals surface area contributed by atoms with Crippen LogP contribution in [0.3, 0.4) is 0 Å². The second kappa shape index (κ2) is 7.44. The molecular weight excluding hydrogens is 316 g/mol. The molecule has 1 unspecified atom stereocenters. The second-order valence-corrected chi connectivity index (χ2v) is 5.54. The molecule has 1 aromatic carbocycles. The Balaban J connectivity index is 0.00000192. The monoisotopic (exact) mass is 334 g/mol. The Labute approximate surface area is 141 Å². The predicted molar refractivity (Wildman–Crippen MR) is 90.4 cm³/mol. The van der Waals surface area contributed by atoms with E-state index >= 15 is 0 Å². The Hall–Kier alpha value is -2.11. The summed E-state index contributed by atoms with van der Waals surface area (Å²) in [5.74, 6) is -0.820. The van der Waals surface area contributed by atoms with E-state index in [-0.39, 0.29) is 30.0 Å². The van der Waals surface area contributed by atoms with Gasteiger partial charge in [-0.15, -0.1) is 12.4 Å². The molecule has 0 bridgehead atoms. The summed E-state index contributed by atoms with van der Waals surface area (Å²) < 4.78 is 5.80. The molecule has 0 radical (unpaired) electrons. The zero-order valence-corrected chi connectivity index (χ0v) is 13.6. The minimum Gasteiger partial charge on any atom is -0.477 e. The molecule has 23 heavy (non-hydrogen) atoms. The van der Waals surface area contributed by atoms with Crippen LogP contribution in [0.15, 0.2) is 42.6 Å². The van der Waals surface area contributed by atoms with Crippen LogP contribution in [0.5, 0.6) is 5.88 Å². The number of likely N-dealkylation sites (tertiary alicyclic amines) is 1. The van der Waals surface area contributed by atoms with Crippen molar-refractivity contribution in [1.29, 1.82) is 0 Å². The number of rotatable bonds is 4. The molecule has 1 saturated heterocycles. The fraction of sp³-hybridized carbons (Fsp3) is 0.294. The van der Waals surface area contributed by atoms with Crippen LogP contribution in [0, 0.1) is 0 Å². The Morgan fingerprint density at radius 3 is 2.65 bits per heavy atom. The highest BCUT2D eigenvalue weighted by atomic mass is 35.5. The van der Waals surface area contributed by atoms with Gasteiger partial charge in [-0.3, -0.25) is 0 Å². The average Bonchev–Trinajstić information content (AvgIpc) is 2.93. The molecule has 1 atom stereocenters. The first-order chi connectivity index (χ1) is 10.6. The Morgan fingerprint density at radius 2 is 2.04 bits per heavy atom. The first kappa shape index (κ1) is 17.2. The van der Waals surface area contributed by atoms with Crippen LogP contribution in [0.25, 0.3) is 11.1 Å². The van der Waals surface area contributed by atoms with Gasteiger partial charge in [0, 0.05) is 24.8 Å². The lowest BCUT2D eigenvalue weighted by molar-refractivity contribution is 0.0688. The summed E-state index contributed by atoms with van der Waals surface area (Å²) in [7, 11) is 2.02. The zero-order chi connectivity index (χ0) is 15.5. The third-order valence-corrected chi connectivity index (χ3v) is 3.82. The van der Waals surface area contributed by atoms with Gasteiger partial charge in [0.2, 0.25) is 5.88 Å². The van der Waals surface area contributed by atoms with Gasteiger partial charge in [0.25, 0.3) is 0 Å². The van der Waals surface area contributed by atoms with E-state index in [0.717, 1.165) is 30.6 Å². The van der Waals surface area contributed by atoms with Gasteiger partial charge in [0.05, 0.1) is 0 Å². The molecule has 1 aliphatic heterocycles. The number of carbonyl (C=O) groups is 1. The molecule has 0 amide bonds. The van der Waals surface area contributed by atoms with Gasteiger partial charge in [0.15, 0.2) is 0 Å². The van der Waals surface area contributed by atoms with Crippen LogP contribution in [0.1, 0.15) is 16.8 Å². The lowest BCUT2D eigenvalue weighted by atomic mass is 10.1. The summed E-state index contributed by atoms with van der Waals surface area (Å²) >= 11 is 0. The average molecular weight is 335 g/mol. The minimum atomic E-state index is -1.02. The van der Waals surface area contributed by atoms with Gasteiger partial charge < -0.3 is 14.7 Å². The number of hydrogen-bond acceptors (Lipinski definition) is 4. The molecule has 6 heteroatoms. The van der Waals surface area contributed by atoms with E-state index in [4.69, 9.17) is 4.74 Å². The van der Waals surface area contributed by atoms with Crippen molar-refractivity contribution in [3.63, 3.8) is 0 Å². The van der Waals surface area contributed by atoms with Crippen LogP contribution < -0.4 is 4.74 Å². The van der Waals surface area contributed by atoms with Crippen LogP contribution in [-0.2, 0) is 0 Å². The number of ether oxygens (including phenoxy) is 1. The van der Waals surface area contributed by atoms with Crippen LogP contribution in [-0.4, -0.2) is 47.2 Å². The summed E-state index contributed by atoms with van der Waals surface area (Å²) in [6.07, 6.45) is 2.55. The van der Waals surface area contributed by atoms with E-state index < -0.39 is 5.97 Å². The summed E-state index contributed by atoms with van der Waals surface area (Å²) in [5.41, 5.74) is 1.81. The number of aromatic nitrogens is 1. The van der Waals surface area contributed by atoms with Crippen molar-refractivity contribution in [2.45, 2.75) is 12.5 Å². The molecule has 1 fully saturated rings. The number of benzene rings is 1. The molecule has 1 N–H and O–H groups in total. The van der Waals surface area contributed by atoms with Gasteiger partial charge in [-0.1, -0.05) is 30.3 Å². The van der Waals surface area contributed by atoms with Crippen LogP contribution in [0.2, 0.25) is 0 Å². The number of halogens is 1. The molecule has 0 spiro atoms. The molecule has 122 valence electrons. The molecule has 2 aromatic rings. The summed E-state index contributed by atoms with van der Waals surface area (Å²) in [5, 5.41) is 9.43. The number of hydrogen-bond donors (Lipinski definition) is 1. The number of pyridine rings is 1. The molecule has 1 aromatic heterocycles. The van der Waals surface area contributed by atoms with Gasteiger partial charge in [-0.25, -0.2) is 9.78 Å². The van der Waals surface area contributed by atoms with Gasteiger partial charge in [0.1, 0.15) is 11.7 Å². The Bertz CT molecular complexity index is 679. The topological polar surface area (TPSA) is 62.7 Å². The smallest absolute Gasteiger partial charge is 0.341 e. The standard InChI is InChI=1S/C17H18N2O3.ClH/c1-19-8-7-14(11-19)22-16-15(17(20)21)9-13(10-18-16)12-5-3-2-4-6-12;/h2-6,9-10,14H,7-8,11H2,1H3,(H,20,21);1H. The SMILES string of the molecule is CN1CCC(Oc2ncc(-c3ccccc3)cc2C(=O)O)C1.Cl. The molecular formula is C17H19ClN2O3. The van der Waals surface area contributed by atoms with Crippen LogP contribution >= 0.6 is 12.4 Å². The van der Waals surface area contributed by atoms with Crippen molar-refractivity contribution < 1.29 is 14.6 Å². The maximum Gasteiger partial charge on any atom is 0.341 e. The molecule has 0 saturated carbocycles. The van der Waals surface area contributed by atoms with Crippen LogP contribution in [0.4, 0.5) is 0 Å². The van der Waals surface area contributed by atoms with Gasteiger partial charge in [-0.2, -0.15) is 0 Å². The van der Waals surface area contributed by atoms with E-state index in [9.17, 15) is 9.90 Å². The summed E-state index contributed by atoms with van der Waals surface area (Å²) in [6.45, 7) is 1.75. The molecule has 5 nitrogen and oxygen atoms in total. The zero-order valence-electron chi connectivity index (χ0n) is 12.8. The van der Waals surface area contributed by atoms with Gasteiger partial charge >= 0.3 is 5.97 Å². The van der Waals surface area contributed by atoms with E-state index in [1.807, 2.05) is 37.4 Å². The molecule has 3 rings (SSSR count). The highest BCUT2D eigenvalue weighted by Gasteiger charge is 2.24. The van der Waals surface area contributed by atoms with Gasteiger partial charge in [-0.05, 0) is 25.1 Å². The van der Waals surface area contributed by atoms with Crippen molar-refractivity contribution >= 4 is 18.4 Å². The minimum absolute atomic E-state index is 0.